The molecule has 1 N–H and O–H groups in total. The lowest BCUT2D eigenvalue weighted by Crippen LogP contribution is -2.35. The molecule has 0 aromatic heterocycles. The minimum atomic E-state index is -0.0484. The number of rotatable bonds is 1. The van der Waals surface area contributed by atoms with Gasteiger partial charge in [-0.2, -0.15) is 0 Å². The molecule has 2 aromatic rings. The molecule has 0 aliphatic heterocycles. The molecule has 16 heavy (non-hydrogen) atoms. The van der Waals surface area contributed by atoms with E-state index in [2.05, 4.69) is 60.8 Å². The monoisotopic (exact) mass is 209 g/mol. The van der Waals surface area contributed by atoms with Crippen LogP contribution in [0, 0.1) is 0 Å². The molecule has 0 fully saturated rings. The van der Waals surface area contributed by atoms with Gasteiger partial charge in [0.25, 0.3) is 0 Å². The smallest absolute Gasteiger partial charge is 0.0671 e. The number of hydrogen-bond acceptors (Lipinski definition) is 1. The zero-order valence-corrected chi connectivity index (χ0v) is 9.62. The standard InChI is InChI=1S/C15H15N/c1-15(16-2)13-9-5-3-7-11(13)12-8-4-6-10-14(12)15/h3-10,16H,1-2H3. The number of benzene rings is 2. The van der Waals surface area contributed by atoms with Crippen LogP contribution < -0.4 is 5.32 Å². The molecule has 80 valence electrons. The van der Waals surface area contributed by atoms with Crippen LogP contribution in [0.1, 0.15) is 18.1 Å². The summed E-state index contributed by atoms with van der Waals surface area (Å²) in [6.07, 6.45) is 0. The van der Waals surface area contributed by atoms with Crippen molar-refractivity contribution in [1.82, 2.24) is 5.32 Å². The summed E-state index contributed by atoms with van der Waals surface area (Å²) in [4.78, 5) is 0. The van der Waals surface area contributed by atoms with Crippen molar-refractivity contribution < 1.29 is 0 Å². The Morgan fingerprint density at radius 3 is 1.69 bits per heavy atom. The van der Waals surface area contributed by atoms with Gasteiger partial charge in [0.15, 0.2) is 0 Å². The minimum absolute atomic E-state index is 0.0484. The van der Waals surface area contributed by atoms with Crippen LogP contribution in [-0.2, 0) is 5.54 Å². The molecular weight excluding hydrogens is 194 g/mol. The Kier molecular flexibility index (Phi) is 1.92. The van der Waals surface area contributed by atoms with E-state index in [0.717, 1.165) is 0 Å². The normalized spacial score (nSPS) is 15.6. The lowest BCUT2D eigenvalue weighted by molar-refractivity contribution is 0.497. The van der Waals surface area contributed by atoms with Gasteiger partial charge in [0.2, 0.25) is 0 Å². The van der Waals surface area contributed by atoms with Crippen molar-refractivity contribution in [2.45, 2.75) is 12.5 Å². The zero-order chi connectivity index (χ0) is 11.2. The molecule has 0 amide bonds. The largest absolute Gasteiger partial charge is 0.307 e. The number of nitrogens with one attached hydrogen (secondary N) is 1. The fourth-order valence-corrected chi connectivity index (χ4v) is 2.72. The Labute approximate surface area is 96.1 Å². The fourth-order valence-electron chi connectivity index (χ4n) is 2.72. The van der Waals surface area contributed by atoms with Gasteiger partial charge in [-0.05, 0) is 36.2 Å². The zero-order valence-electron chi connectivity index (χ0n) is 9.62. The molecule has 2 aromatic carbocycles. The minimum Gasteiger partial charge on any atom is -0.307 e. The van der Waals surface area contributed by atoms with Crippen LogP contribution in [0.3, 0.4) is 0 Å². The predicted molar refractivity (Wildman–Crippen MR) is 67.4 cm³/mol. The van der Waals surface area contributed by atoms with Crippen molar-refractivity contribution in [2.24, 2.45) is 0 Å². The van der Waals surface area contributed by atoms with Crippen LogP contribution in [0.5, 0.6) is 0 Å². The molecular formula is C15H15N. The molecule has 0 unspecified atom stereocenters. The molecule has 0 bridgehead atoms. The first-order valence-electron chi connectivity index (χ1n) is 5.65. The fraction of sp³-hybridized carbons (Fsp3) is 0.200. The quantitative estimate of drug-likeness (QED) is 0.760. The maximum absolute atomic E-state index is 3.45. The molecule has 0 saturated heterocycles. The summed E-state index contributed by atoms with van der Waals surface area (Å²) in [5.41, 5.74) is 5.41. The van der Waals surface area contributed by atoms with Crippen molar-refractivity contribution in [3.05, 3.63) is 59.7 Å². The Bertz CT molecular complexity index is 497. The topological polar surface area (TPSA) is 12.0 Å². The summed E-state index contributed by atoms with van der Waals surface area (Å²) in [5, 5.41) is 3.45. The summed E-state index contributed by atoms with van der Waals surface area (Å²) in [7, 11) is 2.03. The van der Waals surface area contributed by atoms with Crippen LogP contribution in [0.25, 0.3) is 11.1 Å². The number of fused-ring (bicyclic) bond motifs is 3. The van der Waals surface area contributed by atoms with Crippen LogP contribution >= 0.6 is 0 Å². The average Bonchev–Trinajstić information content (AvgIpc) is 2.62. The van der Waals surface area contributed by atoms with Gasteiger partial charge in [0.05, 0.1) is 5.54 Å². The van der Waals surface area contributed by atoms with E-state index in [-0.39, 0.29) is 5.54 Å². The van der Waals surface area contributed by atoms with Crippen molar-refractivity contribution in [2.75, 3.05) is 7.05 Å². The maximum atomic E-state index is 3.45. The summed E-state index contributed by atoms with van der Waals surface area (Å²) >= 11 is 0. The van der Waals surface area contributed by atoms with Gasteiger partial charge in [-0.15, -0.1) is 0 Å². The molecule has 0 saturated carbocycles. The third-order valence-corrected chi connectivity index (χ3v) is 3.72. The maximum Gasteiger partial charge on any atom is 0.0671 e. The molecule has 1 heteroatoms. The van der Waals surface area contributed by atoms with Crippen molar-refractivity contribution >= 4 is 0 Å². The second kappa shape index (κ2) is 3.19. The lowest BCUT2D eigenvalue weighted by Gasteiger charge is -2.26. The Morgan fingerprint density at radius 2 is 1.25 bits per heavy atom. The highest BCUT2D eigenvalue weighted by atomic mass is 14.9. The highest BCUT2D eigenvalue weighted by Crippen LogP contribution is 2.46. The summed E-state index contributed by atoms with van der Waals surface area (Å²) in [5.74, 6) is 0. The number of hydrogen-bond donors (Lipinski definition) is 1. The van der Waals surface area contributed by atoms with E-state index in [4.69, 9.17) is 0 Å². The van der Waals surface area contributed by atoms with Crippen LogP contribution in [0.2, 0.25) is 0 Å². The molecule has 0 heterocycles. The van der Waals surface area contributed by atoms with Gasteiger partial charge in [0, 0.05) is 0 Å². The first-order valence-corrected chi connectivity index (χ1v) is 5.65. The van der Waals surface area contributed by atoms with Gasteiger partial charge >= 0.3 is 0 Å². The van der Waals surface area contributed by atoms with Gasteiger partial charge in [-0.25, -0.2) is 0 Å². The van der Waals surface area contributed by atoms with E-state index < -0.39 is 0 Å². The third-order valence-electron chi connectivity index (χ3n) is 3.72. The van der Waals surface area contributed by atoms with E-state index in [1.54, 1.807) is 0 Å². The second-order valence-electron chi connectivity index (χ2n) is 4.47. The SMILES string of the molecule is CNC1(C)c2ccccc2-c2ccccc21. The summed E-state index contributed by atoms with van der Waals surface area (Å²) in [6.45, 7) is 2.25. The average molecular weight is 209 g/mol. The summed E-state index contributed by atoms with van der Waals surface area (Å²) in [6, 6.07) is 17.3. The molecule has 1 aliphatic carbocycles. The van der Waals surface area contributed by atoms with Crippen molar-refractivity contribution in [1.29, 1.82) is 0 Å². The molecule has 0 spiro atoms. The highest BCUT2D eigenvalue weighted by Gasteiger charge is 2.37. The van der Waals surface area contributed by atoms with E-state index in [9.17, 15) is 0 Å². The van der Waals surface area contributed by atoms with Crippen molar-refractivity contribution in [3.63, 3.8) is 0 Å². The highest BCUT2D eigenvalue weighted by molar-refractivity contribution is 5.80. The van der Waals surface area contributed by atoms with Crippen LogP contribution in [0.4, 0.5) is 0 Å². The van der Waals surface area contributed by atoms with E-state index in [1.165, 1.54) is 22.3 Å². The van der Waals surface area contributed by atoms with Gasteiger partial charge < -0.3 is 5.32 Å². The third kappa shape index (κ3) is 1.04. The molecule has 0 radical (unpaired) electrons. The second-order valence-corrected chi connectivity index (χ2v) is 4.47. The Hall–Kier alpha value is -1.60. The molecule has 1 nitrogen and oxygen atoms in total. The predicted octanol–water partition coefficient (Wildman–Crippen LogP) is 3.15. The van der Waals surface area contributed by atoms with E-state index >= 15 is 0 Å². The van der Waals surface area contributed by atoms with Crippen molar-refractivity contribution in [3.8, 4) is 11.1 Å². The van der Waals surface area contributed by atoms with Crippen LogP contribution in [-0.4, -0.2) is 7.05 Å². The first kappa shape index (κ1) is 9.61. The Balaban J connectivity index is 2.39. The summed E-state index contributed by atoms with van der Waals surface area (Å²) < 4.78 is 0. The van der Waals surface area contributed by atoms with Gasteiger partial charge in [-0.1, -0.05) is 48.5 Å². The Morgan fingerprint density at radius 1 is 0.812 bits per heavy atom. The van der Waals surface area contributed by atoms with Crippen LogP contribution in [0.15, 0.2) is 48.5 Å². The molecule has 3 rings (SSSR count). The first-order chi connectivity index (χ1) is 7.77. The van der Waals surface area contributed by atoms with E-state index in [0.29, 0.717) is 0 Å². The molecule has 0 atom stereocenters. The van der Waals surface area contributed by atoms with Gasteiger partial charge in [0.1, 0.15) is 0 Å². The van der Waals surface area contributed by atoms with E-state index in [1.807, 2.05) is 7.05 Å². The molecule has 1 aliphatic rings. The lowest BCUT2D eigenvalue weighted by atomic mass is 9.90. The van der Waals surface area contributed by atoms with Gasteiger partial charge in [-0.3, -0.25) is 0 Å².